The molecule has 2 heterocycles. The van der Waals surface area contributed by atoms with Gasteiger partial charge in [-0.15, -0.1) is 0 Å². The van der Waals surface area contributed by atoms with Gasteiger partial charge in [0.15, 0.2) is 0 Å². The zero-order chi connectivity index (χ0) is 21.2. The smallest absolute Gasteiger partial charge is 0.342 e. The molecule has 2 fully saturated rings. The van der Waals surface area contributed by atoms with Gasteiger partial charge in [0.2, 0.25) is 17.7 Å². The Hall–Kier alpha value is -2.26. The molecule has 5 nitrogen and oxygen atoms in total. The average molecular weight is 419 g/mol. The molecule has 2 amide bonds. The molecule has 0 aromatic carbocycles. The summed E-state index contributed by atoms with van der Waals surface area (Å²) in [5.41, 5.74) is -0.914. The van der Waals surface area contributed by atoms with Gasteiger partial charge in [0.05, 0.1) is 11.5 Å². The van der Waals surface area contributed by atoms with Crippen molar-refractivity contribution in [3.05, 3.63) is 23.9 Å². The molecule has 1 aromatic rings. The van der Waals surface area contributed by atoms with E-state index in [0.717, 1.165) is 12.1 Å². The lowest BCUT2D eigenvalue weighted by Gasteiger charge is -2.36. The third-order valence-electron chi connectivity index (χ3n) is 5.51. The molecule has 1 saturated heterocycles. The number of nitrogens with one attached hydrogen (secondary N) is 1. The molecule has 0 radical (unpaired) electrons. The maximum atomic E-state index is 13.3. The van der Waals surface area contributed by atoms with Crippen LogP contribution < -0.4 is 5.32 Å². The van der Waals surface area contributed by atoms with Gasteiger partial charge in [-0.05, 0) is 37.8 Å². The van der Waals surface area contributed by atoms with Crippen LogP contribution in [0.1, 0.15) is 44.1 Å². The Kier molecular flexibility index (Phi) is 6.09. The van der Waals surface area contributed by atoms with Crippen LogP contribution in [0.25, 0.3) is 0 Å². The Morgan fingerprint density at radius 3 is 2.38 bits per heavy atom. The number of pyridine rings is 1. The number of nitrogens with zero attached hydrogens (tertiary/aromatic N) is 2. The van der Waals surface area contributed by atoms with Gasteiger partial charge in [0.1, 0.15) is 5.82 Å². The maximum Gasteiger partial charge on any atom is 0.417 e. The molecule has 3 rings (SSSR count). The molecule has 0 spiro atoms. The number of likely N-dealkylation sites (tertiary alicyclic amines) is 1. The average Bonchev–Trinajstić information content (AvgIpc) is 2.67. The molecule has 29 heavy (non-hydrogen) atoms. The summed E-state index contributed by atoms with van der Waals surface area (Å²) in [5, 5.41) is 2.49. The highest BCUT2D eigenvalue weighted by molar-refractivity contribution is 5.92. The lowest BCUT2D eigenvalue weighted by Crippen LogP contribution is -2.47. The van der Waals surface area contributed by atoms with Gasteiger partial charge in [-0.3, -0.25) is 9.59 Å². The minimum absolute atomic E-state index is 0.000891. The topological polar surface area (TPSA) is 62.3 Å². The van der Waals surface area contributed by atoms with Crippen molar-refractivity contribution in [2.45, 2.75) is 50.6 Å². The molecular formula is C19H22F5N3O2. The molecule has 2 aliphatic rings. The van der Waals surface area contributed by atoms with E-state index in [0.29, 0.717) is 25.6 Å². The van der Waals surface area contributed by atoms with E-state index in [1.807, 2.05) is 0 Å². The number of piperidine rings is 1. The second kappa shape index (κ2) is 8.23. The monoisotopic (exact) mass is 419 g/mol. The van der Waals surface area contributed by atoms with Crippen LogP contribution >= 0.6 is 0 Å². The number of carbonyl (C=O) groups excluding carboxylic acids is 2. The Morgan fingerprint density at radius 2 is 1.79 bits per heavy atom. The van der Waals surface area contributed by atoms with Crippen molar-refractivity contribution >= 4 is 17.6 Å². The number of anilines is 1. The highest BCUT2D eigenvalue weighted by Gasteiger charge is 2.40. The zero-order valence-electron chi connectivity index (χ0n) is 15.6. The number of hydrogen-bond donors (Lipinski definition) is 1. The van der Waals surface area contributed by atoms with Crippen LogP contribution in [-0.4, -0.2) is 40.7 Å². The van der Waals surface area contributed by atoms with Gasteiger partial charge in [-0.25, -0.2) is 13.8 Å². The van der Waals surface area contributed by atoms with Crippen molar-refractivity contribution < 1.29 is 31.5 Å². The fraction of sp³-hybridized carbons (Fsp3) is 0.632. The van der Waals surface area contributed by atoms with Crippen molar-refractivity contribution in [3.8, 4) is 0 Å². The first kappa shape index (κ1) is 21.4. The van der Waals surface area contributed by atoms with E-state index in [1.54, 1.807) is 4.90 Å². The molecule has 1 N–H and O–H groups in total. The van der Waals surface area contributed by atoms with Crippen molar-refractivity contribution in [1.29, 1.82) is 0 Å². The van der Waals surface area contributed by atoms with Crippen LogP contribution in [-0.2, 0) is 15.8 Å². The maximum absolute atomic E-state index is 13.3. The fourth-order valence-corrected chi connectivity index (χ4v) is 3.80. The highest BCUT2D eigenvalue weighted by atomic mass is 19.4. The molecule has 1 aromatic heterocycles. The summed E-state index contributed by atoms with van der Waals surface area (Å²) in [4.78, 5) is 30.3. The first-order valence-corrected chi connectivity index (χ1v) is 9.56. The minimum Gasteiger partial charge on any atom is -0.342 e. The largest absolute Gasteiger partial charge is 0.417 e. The normalized spacial score (nSPS) is 22.9. The van der Waals surface area contributed by atoms with E-state index in [-0.39, 0.29) is 44.0 Å². The number of carbonyl (C=O) groups is 2. The van der Waals surface area contributed by atoms with Crippen LogP contribution in [0, 0.1) is 11.8 Å². The Morgan fingerprint density at radius 1 is 1.10 bits per heavy atom. The number of halogens is 5. The summed E-state index contributed by atoms with van der Waals surface area (Å²) in [6, 6.07) is 1.91. The first-order chi connectivity index (χ1) is 13.5. The Bertz CT molecular complexity index is 741. The summed E-state index contributed by atoms with van der Waals surface area (Å²) >= 11 is 0. The molecule has 160 valence electrons. The predicted molar refractivity (Wildman–Crippen MR) is 94.1 cm³/mol. The van der Waals surface area contributed by atoms with Gasteiger partial charge in [0, 0.05) is 38.0 Å². The third-order valence-corrected chi connectivity index (χ3v) is 5.51. The van der Waals surface area contributed by atoms with Gasteiger partial charge in [-0.1, -0.05) is 0 Å². The quantitative estimate of drug-likeness (QED) is 0.751. The molecule has 1 saturated carbocycles. The Balaban J connectivity index is 1.56. The van der Waals surface area contributed by atoms with Gasteiger partial charge in [0.25, 0.3) is 0 Å². The second-order valence-corrected chi connectivity index (χ2v) is 7.67. The SMILES string of the molecule is O=C(Nc1ccc(C(F)(F)F)cn1)C1CCCN(C(=O)C2CCC(F)(F)CC2)C1. The van der Waals surface area contributed by atoms with Crippen molar-refractivity contribution in [2.75, 3.05) is 18.4 Å². The lowest BCUT2D eigenvalue weighted by atomic mass is 9.85. The molecule has 1 unspecified atom stereocenters. The van der Waals surface area contributed by atoms with Crippen LogP contribution in [0.15, 0.2) is 18.3 Å². The molecule has 0 bridgehead atoms. The van der Waals surface area contributed by atoms with Crippen LogP contribution in [0.2, 0.25) is 0 Å². The van der Waals surface area contributed by atoms with Crippen LogP contribution in [0.3, 0.4) is 0 Å². The number of amides is 2. The second-order valence-electron chi connectivity index (χ2n) is 7.67. The van der Waals surface area contributed by atoms with E-state index >= 15 is 0 Å². The molecule has 1 aliphatic carbocycles. The van der Waals surface area contributed by atoms with Crippen molar-refractivity contribution in [2.24, 2.45) is 11.8 Å². The molecule has 10 heteroatoms. The molecule has 1 aliphatic heterocycles. The Labute approximate surface area is 164 Å². The highest BCUT2D eigenvalue weighted by Crippen LogP contribution is 2.37. The number of alkyl halides is 5. The van der Waals surface area contributed by atoms with Crippen molar-refractivity contribution in [3.63, 3.8) is 0 Å². The third kappa shape index (κ3) is 5.42. The van der Waals surface area contributed by atoms with Gasteiger partial charge < -0.3 is 10.2 Å². The number of aromatic nitrogens is 1. The molecule has 1 atom stereocenters. The van der Waals surface area contributed by atoms with E-state index in [2.05, 4.69) is 10.3 Å². The molecular weight excluding hydrogens is 397 g/mol. The summed E-state index contributed by atoms with van der Waals surface area (Å²) in [6.45, 7) is 0.631. The van der Waals surface area contributed by atoms with Gasteiger partial charge in [-0.2, -0.15) is 13.2 Å². The lowest BCUT2D eigenvalue weighted by molar-refractivity contribution is -0.142. The summed E-state index contributed by atoms with van der Waals surface area (Å²) in [6.07, 6.45) is -3.09. The summed E-state index contributed by atoms with van der Waals surface area (Å²) < 4.78 is 64.3. The van der Waals surface area contributed by atoms with Gasteiger partial charge >= 0.3 is 6.18 Å². The predicted octanol–water partition coefficient (Wildman–Crippen LogP) is 4.10. The summed E-state index contributed by atoms with van der Waals surface area (Å²) in [5.74, 6) is -4.32. The van der Waals surface area contributed by atoms with E-state index in [4.69, 9.17) is 0 Å². The standard InChI is InChI=1S/C19H22F5N3O2/c20-18(21)7-5-12(6-8-18)17(29)27-9-1-2-13(11-27)16(28)26-15-4-3-14(10-25-15)19(22,23)24/h3-4,10,12-13H,1-2,5-9,11H2,(H,25,26,28). The van der Waals surface area contributed by atoms with E-state index in [9.17, 15) is 31.5 Å². The minimum atomic E-state index is -4.51. The van der Waals surface area contributed by atoms with E-state index in [1.165, 1.54) is 0 Å². The summed E-state index contributed by atoms with van der Waals surface area (Å²) in [7, 11) is 0. The number of rotatable bonds is 3. The van der Waals surface area contributed by atoms with Crippen LogP contribution in [0.4, 0.5) is 27.8 Å². The zero-order valence-corrected chi connectivity index (χ0v) is 15.6. The number of hydrogen-bond acceptors (Lipinski definition) is 3. The van der Waals surface area contributed by atoms with E-state index < -0.39 is 35.4 Å². The van der Waals surface area contributed by atoms with Crippen molar-refractivity contribution in [1.82, 2.24) is 9.88 Å². The first-order valence-electron chi connectivity index (χ1n) is 9.56. The fourth-order valence-electron chi connectivity index (χ4n) is 3.80. The van der Waals surface area contributed by atoms with Crippen LogP contribution in [0.5, 0.6) is 0 Å².